The van der Waals surface area contributed by atoms with Gasteiger partial charge in [-0.1, -0.05) is 6.92 Å². The summed E-state index contributed by atoms with van der Waals surface area (Å²) in [6.45, 7) is 13.0. The number of likely N-dealkylation sites (N-methyl/N-ethyl adjacent to an activating group) is 1. The largest absolute Gasteiger partial charge is 0.444 e. The predicted molar refractivity (Wildman–Crippen MR) is 75.3 cm³/mol. The van der Waals surface area contributed by atoms with Crippen molar-refractivity contribution < 1.29 is 14.3 Å². The van der Waals surface area contributed by atoms with Crippen LogP contribution in [0, 0.1) is 0 Å². The van der Waals surface area contributed by atoms with Crippen LogP contribution in [0.2, 0.25) is 0 Å². The maximum Gasteiger partial charge on any atom is 0.410 e. The fourth-order valence-corrected chi connectivity index (χ4v) is 2.42. The van der Waals surface area contributed by atoms with Crippen molar-refractivity contribution in [2.45, 2.75) is 52.3 Å². The van der Waals surface area contributed by atoms with Crippen LogP contribution in [0.25, 0.3) is 0 Å². The first-order valence-corrected chi connectivity index (χ1v) is 7.01. The van der Waals surface area contributed by atoms with Crippen LogP contribution >= 0.6 is 0 Å². The molecular formula is C14H28N2O3. The summed E-state index contributed by atoms with van der Waals surface area (Å²) in [5, 5.41) is 0. The highest BCUT2D eigenvalue weighted by Gasteiger charge is 2.35. The Morgan fingerprint density at radius 2 is 1.95 bits per heavy atom. The normalized spacial score (nSPS) is 25.5. The molecule has 2 atom stereocenters. The monoisotopic (exact) mass is 272 g/mol. The molecule has 1 fully saturated rings. The Hall–Kier alpha value is -0.810. The van der Waals surface area contributed by atoms with Crippen molar-refractivity contribution in [2.75, 3.05) is 33.4 Å². The second-order valence-electron chi connectivity index (χ2n) is 6.18. The van der Waals surface area contributed by atoms with Crippen LogP contribution in [0.15, 0.2) is 0 Å². The molecule has 1 aliphatic rings. The van der Waals surface area contributed by atoms with Gasteiger partial charge < -0.3 is 14.4 Å². The molecule has 0 bridgehead atoms. The highest BCUT2D eigenvalue weighted by atomic mass is 16.6. The number of hydrogen-bond donors (Lipinski definition) is 0. The average Bonchev–Trinajstić information content (AvgIpc) is 2.28. The van der Waals surface area contributed by atoms with Crippen LogP contribution in [0.4, 0.5) is 4.79 Å². The van der Waals surface area contributed by atoms with E-state index in [9.17, 15) is 4.79 Å². The van der Waals surface area contributed by atoms with E-state index >= 15 is 0 Å². The standard InChI is InChI=1S/C14H28N2O3/c1-7-15-8-11(2)16(9-12(15)10-18-6)13(17)19-14(3,4)5/h11-12H,7-10H2,1-6H3/t11-,12-/m1/s1. The maximum atomic E-state index is 12.2. The summed E-state index contributed by atoms with van der Waals surface area (Å²) in [6, 6.07) is 0.418. The number of methoxy groups -OCH3 is 1. The highest BCUT2D eigenvalue weighted by Crippen LogP contribution is 2.19. The molecule has 19 heavy (non-hydrogen) atoms. The van der Waals surface area contributed by atoms with Crippen molar-refractivity contribution >= 4 is 6.09 Å². The third-order valence-corrected chi connectivity index (χ3v) is 3.35. The Bertz CT molecular complexity index is 302. The zero-order valence-electron chi connectivity index (χ0n) is 13.1. The Morgan fingerprint density at radius 1 is 1.32 bits per heavy atom. The van der Waals surface area contributed by atoms with Gasteiger partial charge in [-0.25, -0.2) is 4.79 Å². The molecule has 0 N–H and O–H groups in total. The summed E-state index contributed by atoms with van der Waals surface area (Å²) in [5.41, 5.74) is -0.449. The summed E-state index contributed by atoms with van der Waals surface area (Å²) in [6.07, 6.45) is -0.225. The Morgan fingerprint density at radius 3 is 2.42 bits per heavy atom. The van der Waals surface area contributed by atoms with E-state index in [0.29, 0.717) is 13.2 Å². The fourth-order valence-electron chi connectivity index (χ4n) is 2.42. The molecular weight excluding hydrogens is 244 g/mol. The van der Waals surface area contributed by atoms with Crippen LogP contribution in [0.5, 0.6) is 0 Å². The van der Waals surface area contributed by atoms with Crippen LogP contribution in [0.1, 0.15) is 34.6 Å². The average molecular weight is 272 g/mol. The SMILES string of the molecule is CCN1C[C@@H](C)N(C(=O)OC(C)(C)C)C[C@@H]1COC. The highest BCUT2D eigenvalue weighted by molar-refractivity contribution is 5.68. The van der Waals surface area contributed by atoms with Crippen molar-refractivity contribution in [2.24, 2.45) is 0 Å². The quantitative estimate of drug-likeness (QED) is 0.787. The van der Waals surface area contributed by atoms with Gasteiger partial charge in [-0.3, -0.25) is 4.90 Å². The van der Waals surface area contributed by atoms with Gasteiger partial charge in [-0.05, 0) is 34.2 Å². The number of amides is 1. The Kier molecular flexibility index (Phi) is 5.62. The topological polar surface area (TPSA) is 42.0 Å². The summed E-state index contributed by atoms with van der Waals surface area (Å²) in [5.74, 6) is 0. The van der Waals surface area contributed by atoms with Crippen molar-refractivity contribution in [3.8, 4) is 0 Å². The van der Waals surface area contributed by atoms with E-state index in [0.717, 1.165) is 13.1 Å². The van der Waals surface area contributed by atoms with E-state index in [1.54, 1.807) is 7.11 Å². The Balaban J connectivity index is 2.70. The molecule has 0 unspecified atom stereocenters. The molecule has 0 aliphatic carbocycles. The van der Waals surface area contributed by atoms with Gasteiger partial charge in [-0.2, -0.15) is 0 Å². The summed E-state index contributed by atoms with van der Waals surface area (Å²) >= 11 is 0. The van der Waals surface area contributed by atoms with Gasteiger partial charge in [0.25, 0.3) is 0 Å². The van der Waals surface area contributed by atoms with Gasteiger partial charge in [0.2, 0.25) is 0 Å². The maximum absolute atomic E-state index is 12.2. The van der Waals surface area contributed by atoms with Gasteiger partial charge in [-0.15, -0.1) is 0 Å². The lowest BCUT2D eigenvalue weighted by Crippen LogP contribution is -2.60. The zero-order valence-corrected chi connectivity index (χ0v) is 13.1. The number of hydrogen-bond acceptors (Lipinski definition) is 4. The number of piperazine rings is 1. The van der Waals surface area contributed by atoms with Crippen LogP contribution in [0.3, 0.4) is 0 Å². The number of ether oxygens (including phenoxy) is 2. The molecule has 5 heteroatoms. The molecule has 0 aromatic rings. The molecule has 112 valence electrons. The first-order valence-electron chi connectivity index (χ1n) is 7.01. The molecule has 0 saturated carbocycles. The van der Waals surface area contributed by atoms with Gasteiger partial charge >= 0.3 is 6.09 Å². The van der Waals surface area contributed by atoms with E-state index in [1.807, 2.05) is 25.7 Å². The number of rotatable bonds is 3. The van der Waals surface area contributed by atoms with E-state index in [2.05, 4.69) is 18.7 Å². The molecule has 1 aliphatic heterocycles. The molecule has 0 spiro atoms. The third-order valence-electron chi connectivity index (χ3n) is 3.35. The summed E-state index contributed by atoms with van der Waals surface area (Å²) < 4.78 is 10.7. The lowest BCUT2D eigenvalue weighted by atomic mass is 10.1. The second-order valence-corrected chi connectivity index (χ2v) is 6.18. The lowest BCUT2D eigenvalue weighted by Gasteiger charge is -2.44. The fraction of sp³-hybridized carbons (Fsp3) is 0.929. The molecule has 1 rings (SSSR count). The van der Waals surface area contributed by atoms with E-state index in [1.165, 1.54) is 0 Å². The van der Waals surface area contributed by atoms with Crippen LogP contribution in [-0.4, -0.2) is 66.9 Å². The Labute approximate surface area is 116 Å². The van der Waals surface area contributed by atoms with Crippen LogP contribution < -0.4 is 0 Å². The van der Waals surface area contributed by atoms with Crippen molar-refractivity contribution in [1.82, 2.24) is 9.80 Å². The molecule has 5 nitrogen and oxygen atoms in total. The molecule has 0 aromatic carbocycles. The number of carbonyl (C=O) groups is 1. The summed E-state index contributed by atoms with van der Waals surface area (Å²) in [7, 11) is 1.70. The first kappa shape index (κ1) is 16.2. The lowest BCUT2D eigenvalue weighted by molar-refractivity contribution is -0.0246. The van der Waals surface area contributed by atoms with Gasteiger partial charge in [0.05, 0.1) is 12.6 Å². The minimum absolute atomic E-state index is 0.169. The molecule has 0 radical (unpaired) electrons. The zero-order chi connectivity index (χ0) is 14.6. The van der Waals surface area contributed by atoms with Gasteiger partial charge in [0, 0.05) is 26.2 Å². The minimum Gasteiger partial charge on any atom is -0.444 e. The number of nitrogens with zero attached hydrogens (tertiary/aromatic N) is 2. The smallest absolute Gasteiger partial charge is 0.410 e. The van der Waals surface area contributed by atoms with Crippen molar-refractivity contribution in [3.05, 3.63) is 0 Å². The van der Waals surface area contributed by atoms with E-state index < -0.39 is 5.60 Å². The molecule has 1 amide bonds. The van der Waals surface area contributed by atoms with E-state index in [4.69, 9.17) is 9.47 Å². The van der Waals surface area contributed by atoms with Crippen molar-refractivity contribution in [1.29, 1.82) is 0 Å². The predicted octanol–water partition coefficient (Wildman–Crippen LogP) is 1.96. The molecule has 1 heterocycles. The van der Waals surface area contributed by atoms with Gasteiger partial charge in [0.1, 0.15) is 5.60 Å². The summed E-state index contributed by atoms with van der Waals surface area (Å²) in [4.78, 5) is 16.4. The van der Waals surface area contributed by atoms with Crippen molar-refractivity contribution in [3.63, 3.8) is 0 Å². The van der Waals surface area contributed by atoms with Crippen LogP contribution in [-0.2, 0) is 9.47 Å². The third kappa shape index (κ3) is 4.66. The minimum atomic E-state index is -0.449. The van der Waals surface area contributed by atoms with E-state index in [-0.39, 0.29) is 18.2 Å². The van der Waals surface area contributed by atoms with Gasteiger partial charge in [0.15, 0.2) is 0 Å². The second kappa shape index (κ2) is 6.57. The molecule has 0 aromatic heterocycles. The molecule has 1 saturated heterocycles. The number of carbonyl (C=O) groups excluding carboxylic acids is 1. The first-order chi connectivity index (χ1) is 8.78.